The first kappa shape index (κ1) is 14.9. The Bertz CT molecular complexity index is 550. The van der Waals surface area contributed by atoms with Gasteiger partial charge in [0.1, 0.15) is 4.49 Å². The van der Waals surface area contributed by atoms with Crippen molar-refractivity contribution in [3.8, 4) is 0 Å². The number of rotatable bonds is 4. The largest absolute Gasteiger partial charge is 0.324 e. The second kappa shape index (κ2) is 5.02. The normalized spacial score (nSPS) is 43.6. The van der Waals surface area contributed by atoms with Gasteiger partial charge in [-0.3, -0.25) is 4.57 Å². The number of halogens is 2. The summed E-state index contributed by atoms with van der Waals surface area (Å²) in [5, 5.41) is -0.380. The Labute approximate surface area is 130 Å². The molecule has 6 atom stereocenters. The topological polar surface area (TPSA) is 26.3 Å². The second-order valence-corrected chi connectivity index (χ2v) is 10.2. The third-order valence-corrected chi connectivity index (χ3v) is 8.43. The molecule has 0 spiro atoms. The van der Waals surface area contributed by atoms with Crippen LogP contribution in [0.2, 0.25) is 0 Å². The maximum Gasteiger partial charge on any atom is 0.210 e. The highest BCUT2D eigenvalue weighted by Crippen LogP contribution is 2.69. The zero-order valence-corrected chi connectivity index (χ0v) is 14.0. The van der Waals surface area contributed by atoms with Crippen molar-refractivity contribution in [2.75, 3.05) is 13.3 Å². The Morgan fingerprint density at radius 3 is 2.80 bits per heavy atom. The molecule has 2 unspecified atom stereocenters. The predicted molar refractivity (Wildman–Crippen MR) is 84.5 cm³/mol. The molecule has 110 valence electrons. The summed E-state index contributed by atoms with van der Waals surface area (Å²) in [5.41, 5.74) is 0. The Kier molecular flexibility index (Phi) is 3.74. The van der Waals surface area contributed by atoms with E-state index in [4.69, 9.17) is 27.7 Å². The summed E-state index contributed by atoms with van der Waals surface area (Å²) in [6.07, 6.45) is 11.7. The van der Waals surface area contributed by atoms with Crippen LogP contribution in [0.3, 0.4) is 0 Å². The van der Waals surface area contributed by atoms with Gasteiger partial charge in [0, 0.05) is 6.66 Å². The molecule has 20 heavy (non-hydrogen) atoms. The number of allylic oxidation sites excluding steroid dienone is 4. The van der Waals surface area contributed by atoms with Crippen molar-refractivity contribution >= 4 is 30.6 Å². The Hall–Kier alpha value is -0.0100. The van der Waals surface area contributed by atoms with Gasteiger partial charge in [0.2, 0.25) is 7.37 Å². The number of hydrogen-bond donors (Lipinski definition) is 0. The van der Waals surface area contributed by atoms with Crippen LogP contribution < -0.4 is 0 Å². The van der Waals surface area contributed by atoms with E-state index in [9.17, 15) is 4.57 Å². The third kappa shape index (κ3) is 2.16. The molecule has 0 aromatic rings. The summed E-state index contributed by atoms with van der Waals surface area (Å²) >= 11 is 11.2. The molecule has 2 bridgehead atoms. The molecule has 0 heterocycles. The van der Waals surface area contributed by atoms with Gasteiger partial charge in [0.05, 0.1) is 11.8 Å². The van der Waals surface area contributed by atoms with E-state index in [1.54, 1.807) is 12.7 Å². The van der Waals surface area contributed by atoms with Crippen molar-refractivity contribution < 1.29 is 9.09 Å². The second-order valence-electron chi connectivity index (χ2n) is 6.27. The third-order valence-electron chi connectivity index (χ3n) is 5.28. The molecular formula is C15H19Cl2O2P. The lowest BCUT2D eigenvalue weighted by Gasteiger charge is -2.39. The van der Waals surface area contributed by atoms with Crippen LogP contribution in [0.1, 0.15) is 13.3 Å². The van der Waals surface area contributed by atoms with Crippen molar-refractivity contribution in [1.82, 2.24) is 0 Å². The SMILES string of the molecule is C[C@@]1([P@@](C)(=O)OCC=C(Cl)Cl)C=C[C@@H]2C3C=CC(C3)[C@@H]21. The summed E-state index contributed by atoms with van der Waals surface area (Å²) in [6.45, 7) is 4.02. The number of fused-ring (bicyclic) bond motifs is 5. The zero-order chi connectivity index (χ0) is 14.5. The Balaban J connectivity index is 1.82. The van der Waals surface area contributed by atoms with Gasteiger partial charge in [-0.15, -0.1) is 0 Å². The molecule has 2 nitrogen and oxygen atoms in total. The highest BCUT2D eigenvalue weighted by Gasteiger charge is 2.59. The van der Waals surface area contributed by atoms with Crippen LogP contribution in [-0.2, 0) is 9.09 Å². The molecule has 1 fully saturated rings. The lowest BCUT2D eigenvalue weighted by atomic mass is 9.80. The van der Waals surface area contributed by atoms with E-state index in [2.05, 4.69) is 31.2 Å². The molecule has 0 aliphatic heterocycles. The average molecular weight is 333 g/mol. The molecule has 1 saturated carbocycles. The minimum atomic E-state index is -2.79. The lowest BCUT2D eigenvalue weighted by Crippen LogP contribution is -2.35. The summed E-state index contributed by atoms with van der Waals surface area (Å²) in [5.74, 6) is 2.09. The highest BCUT2D eigenvalue weighted by molar-refractivity contribution is 7.60. The summed E-state index contributed by atoms with van der Waals surface area (Å²) in [4.78, 5) is 0. The maximum atomic E-state index is 13.1. The molecule has 0 aromatic carbocycles. The van der Waals surface area contributed by atoms with E-state index in [0.717, 1.165) is 0 Å². The molecule has 0 radical (unpaired) electrons. The Morgan fingerprint density at radius 2 is 2.10 bits per heavy atom. The van der Waals surface area contributed by atoms with Crippen molar-refractivity contribution in [3.05, 3.63) is 34.9 Å². The van der Waals surface area contributed by atoms with Gasteiger partial charge in [0.25, 0.3) is 0 Å². The van der Waals surface area contributed by atoms with E-state index in [1.807, 2.05) is 0 Å². The quantitative estimate of drug-likeness (QED) is 0.535. The molecular weight excluding hydrogens is 314 g/mol. The smallest absolute Gasteiger partial charge is 0.210 e. The van der Waals surface area contributed by atoms with Crippen LogP contribution in [0, 0.1) is 23.7 Å². The fourth-order valence-corrected chi connectivity index (χ4v) is 6.18. The standard InChI is InChI=1S/C15H19Cl2O2P/c1-15(20(2,18)19-8-6-13(16)17)7-5-12-10-3-4-11(9-10)14(12)15/h3-7,10-12,14H,8-9H2,1-2H3/t10?,11?,12-,14+,15-,20+/m1/s1. The first-order valence-corrected chi connectivity index (χ1v) is 9.79. The van der Waals surface area contributed by atoms with Crippen LogP contribution in [0.4, 0.5) is 0 Å². The van der Waals surface area contributed by atoms with Crippen molar-refractivity contribution in [3.63, 3.8) is 0 Å². The van der Waals surface area contributed by atoms with Gasteiger partial charge in [-0.2, -0.15) is 0 Å². The van der Waals surface area contributed by atoms with Crippen LogP contribution in [0.15, 0.2) is 34.9 Å². The first-order chi connectivity index (χ1) is 9.35. The predicted octanol–water partition coefficient (Wildman–Crippen LogP) is 5.00. The highest BCUT2D eigenvalue weighted by atomic mass is 35.5. The maximum absolute atomic E-state index is 13.1. The fraction of sp³-hybridized carbons (Fsp3) is 0.600. The fourth-order valence-electron chi connectivity index (χ4n) is 4.15. The minimum Gasteiger partial charge on any atom is -0.324 e. The van der Waals surface area contributed by atoms with Crippen molar-refractivity contribution in [1.29, 1.82) is 0 Å². The molecule has 0 N–H and O–H groups in total. The van der Waals surface area contributed by atoms with Gasteiger partial charge < -0.3 is 4.52 Å². The van der Waals surface area contributed by atoms with E-state index < -0.39 is 7.37 Å². The molecule has 3 rings (SSSR count). The van der Waals surface area contributed by atoms with Gasteiger partial charge in [-0.25, -0.2) is 0 Å². The van der Waals surface area contributed by atoms with E-state index in [0.29, 0.717) is 23.7 Å². The summed E-state index contributed by atoms with van der Waals surface area (Å²) in [6, 6.07) is 0. The molecule has 3 aliphatic carbocycles. The average Bonchev–Trinajstić information content (AvgIpc) is 3.01. The first-order valence-electron chi connectivity index (χ1n) is 6.96. The Morgan fingerprint density at radius 1 is 1.40 bits per heavy atom. The molecule has 0 amide bonds. The van der Waals surface area contributed by atoms with Crippen LogP contribution in [-0.4, -0.2) is 18.4 Å². The molecule has 3 aliphatic rings. The zero-order valence-electron chi connectivity index (χ0n) is 11.6. The van der Waals surface area contributed by atoms with Gasteiger partial charge >= 0.3 is 0 Å². The molecule has 5 heteroatoms. The van der Waals surface area contributed by atoms with E-state index >= 15 is 0 Å². The monoisotopic (exact) mass is 332 g/mol. The van der Waals surface area contributed by atoms with Gasteiger partial charge in [0.15, 0.2) is 0 Å². The summed E-state index contributed by atoms with van der Waals surface area (Å²) < 4.78 is 19.0. The van der Waals surface area contributed by atoms with Gasteiger partial charge in [-0.1, -0.05) is 47.5 Å². The van der Waals surface area contributed by atoms with Crippen molar-refractivity contribution in [2.24, 2.45) is 23.7 Å². The van der Waals surface area contributed by atoms with Crippen LogP contribution in [0.5, 0.6) is 0 Å². The van der Waals surface area contributed by atoms with E-state index in [1.165, 1.54) is 6.42 Å². The summed E-state index contributed by atoms with van der Waals surface area (Å²) in [7, 11) is -2.79. The van der Waals surface area contributed by atoms with E-state index in [-0.39, 0.29) is 16.3 Å². The van der Waals surface area contributed by atoms with Gasteiger partial charge in [-0.05, 0) is 43.1 Å². The van der Waals surface area contributed by atoms with Crippen LogP contribution in [0.25, 0.3) is 0 Å². The number of hydrogen-bond acceptors (Lipinski definition) is 2. The lowest BCUT2D eigenvalue weighted by molar-refractivity contribution is 0.285. The molecule has 0 saturated heterocycles. The van der Waals surface area contributed by atoms with Crippen molar-refractivity contribution in [2.45, 2.75) is 18.5 Å². The van der Waals surface area contributed by atoms with Crippen LogP contribution >= 0.6 is 30.6 Å². The molecule has 0 aromatic heterocycles. The minimum absolute atomic E-state index is 0.151.